The molecule has 2 heterocycles. The Balaban J connectivity index is 1.78. The van der Waals surface area contributed by atoms with Crippen LogP contribution in [-0.4, -0.2) is 39.2 Å². The number of aliphatic hydroxyl groups is 1. The third kappa shape index (κ3) is 5.11. The van der Waals surface area contributed by atoms with Crippen LogP contribution in [-0.2, 0) is 4.84 Å². The number of aliphatic hydroxyl groups excluding tert-OH is 1. The normalized spacial score (nSPS) is 11.9. The number of hydrogen-bond acceptors (Lipinski definition) is 6. The van der Waals surface area contributed by atoms with Crippen LogP contribution in [0.3, 0.4) is 0 Å². The van der Waals surface area contributed by atoms with Gasteiger partial charge in [0.2, 0.25) is 5.95 Å². The second kappa shape index (κ2) is 9.51. The molecule has 3 aromatic rings. The lowest BCUT2D eigenvalue weighted by atomic mass is 10.1. The number of amides is 1. The van der Waals surface area contributed by atoms with E-state index in [4.69, 9.17) is 16.4 Å². The average Bonchev–Trinajstić information content (AvgIpc) is 3.21. The number of aromatic amines is 1. The molecular formula is C20H22ClN5O3. The summed E-state index contributed by atoms with van der Waals surface area (Å²) in [6.07, 6.45) is 3.37. The molecule has 0 spiro atoms. The Kier molecular flexibility index (Phi) is 6.82. The molecule has 0 bridgehead atoms. The molecule has 4 N–H and O–H groups in total. The van der Waals surface area contributed by atoms with E-state index >= 15 is 0 Å². The Labute approximate surface area is 173 Å². The van der Waals surface area contributed by atoms with Crippen molar-refractivity contribution in [3.8, 4) is 11.3 Å². The maximum Gasteiger partial charge on any atom is 0.268 e. The maximum absolute atomic E-state index is 12.7. The number of hydrogen-bond donors (Lipinski definition) is 4. The Bertz CT molecular complexity index is 992. The summed E-state index contributed by atoms with van der Waals surface area (Å²) in [4.78, 5) is 29.3. The summed E-state index contributed by atoms with van der Waals surface area (Å²) in [5.74, 6) is -0.0180. The monoisotopic (exact) mass is 415 g/mol. The fourth-order valence-corrected chi connectivity index (χ4v) is 2.97. The zero-order valence-corrected chi connectivity index (χ0v) is 16.8. The largest absolute Gasteiger partial charge is 0.394 e. The van der Waals surface area contributed by atoms with Crippen molar-refractivity contribution >= 4 is 23.5 Å². The first-order valence-electron chi connectivity index (χ1n) is 9.09. The van der Waals surface area contributed by atoms with Gasteiger partial charge in [-0.05, 0) is 43.2 Å². The van der Waals surface area contributed by atoms with Crippen LogP contribution in [0.15, 0.2) is 42.7 Å². The van der Waals surface area contributed by atoms with Gasteiger partial charge in [-0.3, -0.25) is 9.63 Å². The number of nitrogens with zero attached hydrogens (tertiary/aromatic N) is 2. The first-order valence-corrected chi connectivity index (χ1v) is 9.47. The molecule has 0 unspecified atom stereocenters. The molecule has 2 aromatic heterocycles. The van der Waals surface area contributed by atoms with Crippen LogP contribution in [0.25, 0.3) is 11.3 Å². The van der Waals surface area contributed by atoms with E-state index < -0.39 is 6.04 Å². The van der Waals surface area contributed by atoms with Crippen LogP contribution < -0.4 is 10.8 Å². The number of rotatable bonds is 8. The molecule has 3 rings (SSSR count). The fourth-order valence-electron chi connectivity index (χ4n) is 2.78. The highest BCUT2D eigenvalue weighted by atomic mass is 35.5. The lowest BCUT2D eigenvalue weighted by Crippen LogP contribution is -2.31. The number of H-pyrrole nitrogens is 1. The lowest BCUT2D eigenvalue weighted by Gasteiger charge is -2.16. The fraction of sp³-hybridized carbons (Fsp3) is 0.250. The van der Waals surface area contributed by atoms with E-state index in [0.29, 0.717) is 29.0 Å². The highest BCUT2D eigenvalue weighted by molar-refractivity contribution is 6.30. The minimum absolute atomic E-state index is 0.253. The molecule has 29 heavy (non-hydrogen) atoms. The number of nitrogens with one attached hydrogen (secondary N) is 3. The second-order valence-corrected chi connectivity index (χ2v) is 6.76. The van der Waals surface area contributed by atoms with Gasteiger partial charge in [0.25, 0.3) is 5.91 Å². The molecule has 0 saturated carbocycles. The molecule has 1 aromatic carbocycles. The highest BCUT2D eigenvalue weighted by Gasteiger charge is 2.18. The van der Waals surface area contributed by atoms with Crippen LogP contribution in [0.2, 0.25) is 5.02 Å². The highest BCUT2D eigenvalue weighted by Crippen LogP contribution is 2.23. The van der Waals surface area contributed by atoms with Crippen molar-refractivity contribution < 1.29 is 14.7 Å². The molecule has 0 aliphatic heterocycles. The number of carbonyl (C=O) groups is 1. The first-order chi connectivity index (χ1) is 14.0. The summed E-state index contributed by atoms with van der Waals surface area (Å²) < 4.78 is 0. The molecule has 152 valence electrons. The summed E-state index contributed by atoms with van der Waals surface area (Å²) in [5.41, 5.74) is 5.99. The molecule has 0 aliphatic rings. The number of benzene rings is 1. The molecule has 0 radical (unpaired) electrons. The second-order valence-electron chi connectivity index (χ2n) is 6.33. The number of halogens is 1. The van der Waals surface area contributed by atoms with E-state index in [1.54, 1.807) is 42.7 Å². The summed E-state index contributed by atoms with van der Waals surface area (Å²) in [7, 11) is 0. The van der Waals surface area contributed by atoms with Gasteiger partial charge >= 0.3 is 0 Å². The van der Waals surface area contributed by atoms with E-state index in [0.717, 1.165) is 16.7 Å². The summed E-state index contributed by atoms with van der Waals surface area (Å²) in [5, 5.41) is 13.0. The molecule has 1 amide bonds. The minimum atomic E-state index is -0.573. The van der Waals surface area contributed by atoms with Crippen molar-refractivity contribution in [1.82, 2.24) is 20.3 Å². The molecule has 9 heteroatoms. The zero-order valence-electron chi connectivity index (χ0n) is 16.1. The molecule has 8 nitrogen and oxygen atoms in total. The Morgan fingerprint density at radius 1 is 1.38 bits per heavy atom. The van der Waals surface area contributed by atoms with Gasteiger partial charge in [0.05, 0.1) is 24.9 Å². The Morgan fingerprint density at radius 3 is 2.93 bits per heavy atom. The van der Waals surface area contributed by atoms with Crippen LogP contribution >= 0.6 is 11.6 Å². The Morgan fingerprint density at radius 2 is 2.21 bits per heavy atom. The predicted molar refractivity (Wildman–Crippen MR) is 111 cm³/mol. The van der Waals surface area contributed by atoms with Crippen LogP contribution in [0.4, 0.5) is 5.95 Å². The maximum atomic E-state index is 12.7. The van der Waals surface area contributed by atoms with Crippen molar-refractivity contribution in [3.63, 3.8) is 0 Å². The van der Waals surface area contributed by atoms with Crippen molar-refractivity contribution in [2.75, 3.05) is 18.7 Å². The molecular weight excluding hydrogens is 394 g/mol. The van der Waals surface area contributed by atoms with Gasteiger partial charge < -0.3 is 15.4 Å². The third-order valence-electron chi connectivity index (χ3n) is 4.22. The number of carbonyl (C=O) groups excluding carboxylic acids is 1. The molecule has 0 aliphatic carbocycles. The quantitative estimate of drug-likeness (QED) is 0.420. The molecule has 0 fully saturated rings. The zero-order chi connectivity index (χ0) is 20.8. The van der Waals surface area contributed by atoms with Gasteiger partial charge in [-0.15, -0.1) is 0 Å². The van der Waals surface area contributed by atoms with Gasteiger partial charge in [0.15, 0.2) is 0 Å². The standard InChI is InChI=1S/C20H22ClN5O3/c1-3-29-26-20-23-9-12(2)18(25-20)14-8-16(22-10-14)19(28)24-17(11-27)13-5-4-6-15(21)7-13/h4-10,17,22,27H,3,11H2,1-2H3,(H,24,28)(H,23,25,26)/t17-/m1/s1. The van der Waals surface area contributed by atoms with E-state index in [9.17, 15) is 9.90 Å². The van der Waals surface area contributed by atoms with Gasteiger partial charge in [-0.25, -0.2) is 15.4 Å². The summed E-state index contributed by atoms with van der Waals surface area (Å²) in [6, 6.07) is 8.13. The van der Waals surface area contributed by atoms with E-state index in [-0.39, 0.29) is 12.5 Å². The van der Waals surface area contributed by atoms with Gasteiger partial charge in [-0.1, -0.05) is 23.7 Å². The van der Waals surface area contributed by atoms with Gasteiger partial charge in [0, 0.05) is 23.0 Å². The molecule has 1 atom stereocenters. The van der Waals surface area contributed by atoms with Crippen molar-refractivity contribution in [3.05, 3.63) is 64.6 Å². The summed E-state index contributed by atoms with van der Waals surface area (Å²) in [6.45, 7) is 3.95. The topological polar surface area (TPSA) is 112 Å². The molecule has 0 saturated heterocycles. The van der Waals surface area contributed by atoms with Gasteiger partial charge in [-0.2, -0.15) is 0 Å². The minimum Gasteiger partial charge on any atom is -0.394 e. The van der Waals surface area contributed by atoms with E-state index in [1.807, 2.05) is 13.8 Å². The first kappa shape index (κ1) is 20.8. The van der Waals surface area contributed by atoms with Crippen LogP contribution in [0, 0.1) is 6.92 Å². The lowest BCUT2D eigenvalue weighted by molar-refractivity contribution is 0.0911. The predicted octanol–water partition coefficient (Wildman–Crippen LogP) is 3.26. The van der Waals surface area contributed by atoms with Crippen molar-refractivity contribution in [2.24, 2.45) is 0 Å². The van der Waals surface area contributed by atoms with E-state index in [1.165, 1.54) is 0 Å². The number of anilines is 1. The smallest absolute Gasteiger partial charge is 0.268 e. The van der Waals surface area contributed by atoms with Crippen molar-refractivity contribution in [1.29, 1.82) is 0 Å². The third-order valence-corrected chi connectivity index (χ3v) is 4.45. The van der Waals surface area contributed by atoms with Crippen molar-refractivity contribution in [2.45, 2.75) is 19.9 Å². The Hall–Kier alpha value is -2.94. The SMILES string of the molecule is CCONc1ncc(C)c(-c2c[nH]c(C(=O)N[C@H](CO)c3cccc(Cl)c3)c2)n1. The van der Waals surface area contributed by atoms with E-state index in [2.05, 4.69) is 25.7 Å². The number of aromatic nitrogens is 3. The average molecular weight is 416 g/mol. The summed E-state index contributed by atoms with van der Waals surface area (Å²) >= 11 is 6.00. The van der Waals surface area contributed by atoms with Crippen LogP contribution in [0.5, 0.6) is 0 Å². The van der Waals surface area contributed by atoms with Crippen LogP contribution in [0.1, 0.15) is 34.6 Å². The van der Waals surface area contributed by atoms with Gasteiger partial charge in [0.1, 0.15) is 5.69 Å². The number of aryl methyl sites for hydroxylation is 1.